The average Bonchev–Trinajstić information content (AvgIpc) is 3.01. The van der Waals surface area contributed by atoms with Crippen molar-refractivity contribution in [2.24, 2.45) is 5.92 Å². The van der Waals surface area contributed by atoms with E-state index in [1.54, 1.807) is 5.57 Å². The van der Waals surface area contributed by atoms with Gasteiger partial charge in [-0.05, 0) is 37.0 Å². The highest BCUT2D eigenvalue weighted by Gasteiger charge is 2.26. The Hall–Kier alpha value is -0.820. The Kier molecular flexibility index (Phi) is 2.10. The van der Waals surface area contributed by atoms with Crippen LogP contribution >= 0.6 is 15.9 Å². The molecular formula is C14H13Br. The fourth-order valence-corrected chi connectivity index (χ4v) is 2.95. The van der Waals surface area contributed by atoms with E-state index in [1.807, 2.05) is 0 Å². The van der Waals surface area contributed by atoms with Crippen LogP contribution in [0.4, 0.5) is 0 Å². The van der Waals surface area contributed by atoms with E-state index >= 15 is 0 Å². The molecule has 1 aromatic rings. The van der Waals surface area contributed by atoms with Crippen LogP contribution in [0.25, 0.3) is 6.08 Å². The van der Waals surface area contributed by atoms with Crippen LogP contribution in [0, 0.1) is 5.92 Å². The van der Waals surface area contributed by atoms with Gasteiger partial charge in [-0.3, -0.25) is 0 Å². The molecule has 2 aliphatic rings. The maximum absolute atomic E-state index is 3.65. The highest BCUT2D eigenvalue weighted by atomic mass is 79.9. The Balaban J connectivity index is 2.08. The molecule has 1 atom stereocenters. The second kappa shape index (κ2) is 3.34. The first-order chi connectivity index (χ1) is 7.25. The summed E-state index contributed by atoms with van der Waals surface area (Å²) in [6.45, 7) is 2.26. The quantitative estimate of drug-likeness (QED) is 0.659. The number of hydrogen-bond donors (Lipinski definition) is 0. The van der Waals surface area contributed by atoms with E-state index in [-0.39, 0.29) is 0 Å². The smallest absolute Gasteiger partial charge is 0.0213 e. The van der Waals surface area contributed by atoms with E-state index < -0.39 is 0 Å². The number of halogens is 1. The van der Waals surface area contributed by atoms with Gasteiger partial charge >= 0.3 is 0 Å². The van der Waals surface area contributed by atoms with E-state index in [1.165, 1.54) is 34.0 Å². The molecular weight excluding hydrogens is 248 g/mol. The topological polar surface area (TPSA) is 0 Å². The van der Waals surface area contributed by atoms with Gasteiger partial charge in [0.05, 0.1) is 0 Å². The Labute approximate surface area is 98.8 Å². The van der Waals surface area contributed by atoms with Crippen molar-refractivity contribution in [1.29, 1.82) is 0 Å². The molecule has 0 N–H and O–H groups in total. The van der Waals surface area contributed by atoms with Crippen LogP contribution in [0.2, 0.25) is 0 Å². The zero-order chi connectivity index (χ0) is 10.4. The minimum Gasteiger partial charge on any atom is -0.0803 e. The molecule has 0 unspecified atom stereocenters. The van der Waals surface area contributed by atoms with Gasteiger partial charge in [0.25, 0.3) is 0 Å². The number of hydrogen-bond acceptors (Lipinski definition) is 0. The molecule has 0 saturated carbocycles. The molecule has 1 aromatic carbocycles. The van der Waals surface area contributed by atoms with Gasteiger partial charge in [-0.15, -0.1) is 0 Å². The molecule has 0 saturated heterocycles. The summed E-state index contributed by atoms with van der Waals surface area (Å²) in [5, 5.41) is 0. The first kappa shape index (κ1) is 9.41. The molecule has 2 aliphatic carbocycles. The van der Waals surface area contributed by atoms with Crippen molar-refractivity contribution in [2.45, 2.75) is 19.8 Å². The fraction of sp³-hybridized carbons (Fsp3) is 0.286. The summed E-state index contributed by atoms with van der Waals surface area (Å²) in [6, 6.07) is 6.47. The van der Waals surface area contributed by atoms with Crippen LogP contribution in [0.3, 0.4) is 0 Å². The lowest BCUT2D eigenvalue weighted by atomic mass is 9.82. The third-order valence-electron chi connectivity index (χ3n) is 3.38. The van der Waals surface area contributed by atoms with Crippen molar-refractivity contribution in [1.82, 2.24) is 0 Å². The zero-order valence-corrected chi connectivity index (χ0v) is 10.3. The lowest BCUT2D eigenvalue weighted by Crippen LogP contribution is -2.11. The van der Waals surface area contributed by atoms with Gasteiger partial charge in [-0.2, -0.15) is 0 Å². The van der Waals surface area contributed by atoms with Crippen molar-refractivity contribution >= 4 is 22.0 Å². The molecule has 0 heterocycles. The van der Waals surface area contributed by atoms with Crippen molar-refractivity contribution in [2.75, 3.05) is 0 Å². The molecule has 0 spiro atoms. The van der Waals surface area contributed by atoms with E-state index in [4.69, 9.17) is 0 Å². The summed E-state index contributed by atoms with van der Waals surface area (Å²) in [5.74, 6) is 0.677. The summed E-state index contributed by atoms with van der Waals surface area (Å²) in [7, 11) is 0. The van der Waals surface area contributed by atoms with Crippen LogP contribution in [0.15, 0.2) is 39.9 Å². The summed E-state index contributed by atoms with van der Waals surface area (Å²) in [4.78, 5) is 0. The third kappa shape index (κ3) is 1.59. The molecule has 0 fully saturated rings. The van der Waals surface area contributed by atoms with Gasteiger partial charge < -0.3 is 0 Å². The molecule has 0 aromatic heterocycles. The average molecular weight is 261 g/mol. The van der Waals surface area contributed by atoms with E-state index in [9.17, 15) is 0 Å². The third-order valence-corrected chi connectivity index (χ3v) is 4.13. The van der Waals surface area contributed by atoms with Crippen molar-refractivity contribution < 1.29 is 0 Å². The molecule has 0 aliphatic heterocycles. The van der Waals surface area contributed by atoms with Crippen LogP contribution in [-0.2, 0) is 6.42 Å². The second-order valence-electron chi connectivity index (χ2n) is 4.44. The SMILES string of the molecule is CC1=Cc2cccc(Br)c2C[C@@H]1C1=CC1. The first-order valence-corrected chi connectivity index (χ1v) is 6.19. The molecule has 0 amide bonds. The molecule has 0 bridgehead atoms. The Morgan fingerprint density at radius 1 is 1.33 bits per heavy atom. The maximum Gasteiger partial charge on any atom is 0.0213 e. The Morgan fingerprint density at radius 3 is 2.87 bits per heavy atom. The van der Waals surface area contributed by atoms with Gasteiger partial charge in [0.15, 0.2) is 0 Å². The molecule has 76 valence electrons. The van der Waals surface area contributed by atoms with Crippen LogP contribution in [0.5, 0.6) is 0 Å². The van der Waals surface area contributed by atoms with E-state index in [2.05, 4.69) is 53.2 Å². The van der Waals surface area contributed by atoms with Gasteiger partial charge in [0, 0.05) is 10.4 Å². The number of rotatable bonds is 1. The molecule has 0 radical (unpaired) electrons. The monoisotopic (exact) mass is 260 g/mol. The Morgan fingerprint density at radius 2 is 2.13 bits per heavy atom. The highest BCUT2D eigenvalue weighted by Crippen LogP contribution is 2.41. The van der Waals surface area contributed by atoms with Gasteiger partial charge in [-0.25, -0.2) is 0 Å². The highest BCUT2D eigenvalue weighted by molar-refractivity contribution is 9.10. The minimum absolute atomic E-state index is 0.677. The normalized spacial score (nSPS) is 22.9. The lowest BCUT2D eigenvalue weighted by Gasteiger charge is -2.23. The predicted octanol–water partition coefficient (Wildman–Crippen LogP) is 4.35. The van der Waals surface area contributed by atoms with Crippen molar-refractivity contribution in [3.8, 4) is 0 Å². The van der Waals surface area contributed by atoms with Crippen LogP contribution in [-0.4, -0.2) is 0 Å². The summed E-state index contributed by atoms with van der Waals surface area (Å²) >= 11 is 3.65. The number of benzene rings is 1. The maximum atomic E-state index is 3.65. The summed E-state index contributed by atoms with van der Waals surface area (Å²) < 4.78 is 1.26. The van der Waals surface area contributed by atoms with E-state index in [0.29, 0.717) is 5.92 Å². The zero-order valence-electron chi connectivity index (χ0n) is 8.76. The van der Waals surface area contributed by atoms with Gasteiger partial charge in [-0.1, -0.05) is 51.4 Å². The predicted molar refractivity (Wildman–Crippen MR) is 67.7 cm³/mol. The first-order valence-electron chi connectivity index (χ1n) is 5.40. The second-order valence-corrected chi connectivity index (χ2v) is 5.29. The van der Waals surface area contributed by atoms with Crippen molar-refractivity contribution in [3.05, 3.63) is 51.0 Å². The van der Waals surface area contributed by atoms with Gasteiger partial charge in [0.1, 0.15) is 0 Å². The standard InChI is InChI=1S/C14H13Br/c1-9-7-11-3-2-4-14(15)13(11)8-12(9)10-5-6-10/h2-5,7,12H,6,8H2,1H3/t12-/m0/s1. The number of allylic oxidation sites excluding steroid dienone is 3. The van der Waals surface area contributed by atoms with E-state index in [0.717, 1.165) is 0 Å². The molecule has 1 heteroatoms. The fourth-order valence-electron chi connectivity index (χ4n) is 2.40. The number of fused-ring (bicyclic) bond motifs is 1. The largest absolute Gasteiger partial charge is 0.0803 e. The van der Waals surface area contributed by atoms with Crippen molar-refractivity contribution in [3.63, 3.8) is 0 Å². The molecule has 3 rings (SSSR count). The molecule has 0 nitrogen and oxygen atoms in total. The molecule has 15 heavy (non-hydrogen) atoms. The Bertz CT molecular complexity index is 480. The lowest BCUT2D eigenvalue weighted by molar-refractivity contribution is 0.716. The summed E-state index contributed by atoms with van der Waals surface area (Å²) in [6.07, 6.45) is 7.10. The van der Waals surface area contributed by atoms with Crippen LogP contribution in [0.1, 0.15) is 24.5 Å². The van der Waals surface area contributed by atoms with Gasteiger partial charge in [0.2, 0.25) is 0 Å². The van der Waals surface area contributed by atoms with Crippen LogP contribution < -0.4 is 0 Å². The minimum atomic E-state index is 0.677. The summed E-state index contributed by atoms with van der Waals surface area (Å²) in [5.41, 5.74) is 6.01.